The van der Waals surface area contributed by atoms with Gasteiger partial charge in [0.05, 0.1) is 0 Å². The van der Waals surface area contributed by atoms with Crippen molar-refractivity contribution < 1.29 is 9.53 Å². The van der Waals surface area contributed by atoms with Crippen molar-refractivity contribution in [2.24, 2.45) is 11.7 Å². The highest BCUT2D eigenvalue weighted by Crippen LogP contribution is 2.18. The van der Waals surface area contributed by atoms with E-state index in [4.69, 9.17) is 10.5 Å². The maximum Gasteiger partial charge on any atom is 0.323 e. The van der Waals surface area contributed by atoms with Crippen LogP contribution in [0.1, 0.15) is 137 Å². The Kier molecular flexibility index (Phi) is 19.3. The number of ether oxygens (including phenoxy) is 1. The molecule has 2 N–H and O–H groups in total. The lowest BCUT2D eigenvalue weighted by molar-refractivity contribution is -0.152. The summed E-state index contributed by atoms with van der Waals surface area (Å²) < 4.78 is 5.81. The Bertz CT molecular complexity index is 343. The van der Waals surface area contributed by atoms with Crippen molar-refractivity contribution in [3.8, 4) is 0 Å². The molecule has 0 rings (SSSR count). The molecule has 0 aliphatic rings. The van der Waals surface area contributed by atoms with Gasteiger partial charge in [0, 0.05) is 0 Å². The van der Waals surface area contributed by atoms with Crippen LogP contribution in [0.15, 0.2) is 0 Å². The Labute approximate surface area is 176 Å². The molecule has 0 aliphatic heterocycles. The SMILES string of the molecule is CCCCCCCCCCCC(CCCCCCCC)OC(=O)[C@@H](N)C(C)C. The normalized spacial score (nSPS) is 13.6. The van der Waals surface area contributed by atoms with Crippen LogP contribution < -0.4 is 5.73 Å². The van der Waals surface area contributed by atoms with Gasteiger partial charge < -0.3 is 10.5 Å². The predicted octanol–water partition coefficient (Wildman–Crippen LogP) is 7.55. The van der Waals surface area contributed by atoms with E-state index in [1.165, 1.54) is 89.9 Å². The van der Waals surface area contributed by atoms with E-state index < -0.39 is 6.04 Å². The molecule has 2 atom stereocenters. The molecule has 0 heterocycles. The quantitative estimate of drug-likeness (QED) is 0.170. The van der Waals surface area contributed by atoms with Crippen molar-refractivity contribution in [3.05, 3.63) is 0 Å². The van der Waals surface area contributed by atoms with E-state index in [-0.39, 0.29) is 18.0 Å². The number of esters is 1. The summed E-state index contributed by atoms with van der Waals surface area (Å²) in [4.78, 5) is 12.3. The number of carbonyl (C=O) groups excluding carboxylic acids is 1. The van der Waals surface area contributed by atoms with Crippen LogP contribution in [0, 0.1) is 5.92 Å². The molecule has 0 aromatic carbocycles. The van der Waals surface area contributed by atoms with Crippen molar-refractivity contribution in [1.29, 1.82) is 0 Å². The van der Waals surface area contributed by atoms with Crippen molar-refractivity contribution in [1.82, 2.24) is 0 Å². The average Bonchev–Trinajstić information content (AvgIpc) is 2.68. The van der Waals surface area contributed by atoms with Crippen molar-refractivity contribution >= 4 is 5.97 Å². The summed E-state index contributed by atoms with van der Waals surface area (Å²) in [6, 6.07) is -0.491. The average molecular weight is 398 g/mol. The van der Waals surface area contributed by atoms with Gasteiger partial charge >= 0.3 is 5.97 Å². The molecule has 0 spiro atoms. The smallest absolute Gasteiger partial charge is 0.323 e. The van der Waals surface area contributed by atoms with Gasteiger partial charge in [-0.2, -0.15) is 0 Å². The van der Waals surface area contributed by atoms with E-state index in [2.05, 4.69) is 13.8 Å². The van der Waals surface area contributed by atoms with E-state index in [1.807, 2.05) is 13.8 Å². The third-order valence-corrected chi connectivity index (χ3v) is 5.78. The predicted molar refractivity (Wildman–Crippen MR) is 123 cm³/mol. The highest BCUT2D eigenvalue weighted by molar-refractivity contribution is 5.75. The molecule has 0 saturated heterocycles. The van der Waals surface area contributed by atoms with Gasteiger partial charge in [-0.1, -0.05) is 111 Å². The maximum atomic E-state index is 12.3. The summed E-state index contributed by atoms with van der Waals surface area (Å²) in [5.74, 6) is -0.0724. The van der Waals surface area contributed by atoms with Crippen LogP contribution in [0.4, 0.5) is 0 Å². The second-order valence-electron chi connectivity index (χ2n) is 9.00. The molecule has 168 valence electrons. The number of hydrogen-bond acceptors (Lipinski definition) is 3. The number of carbonyl (C=O) groups is 1. The van der Waals surface area contributed by atoms with E-state index >= 15 is 0 Å². The van der Waals surface area contributed by atoms with Gasteiger partial charge in [0.2, 0.25) is 0 Å². The molecule has 0 amide bonds. The molecule has 0 saturated carbocycles. The summed E-state index contributed by atoms with van der Waals surface area (Å²) in [6.45, 7) is 8.48. The fraction of sp³-hybridized carbons (Fsp3) is 0.960. The first-order valence-corrected chi connectivity index (χ1v) is 12.5. The van der Waals surface area contributed by atoms with E-state index in [0.717, 1.165) is 19.3 Å². The van der Waals surface area contributed by atoms with Crippen molar-refractivity contribution in [3.63, 3.8) is 0 Å². The monoisotopic (exact) mass is 397 g/mol. The van der Waals surface area contributed by atoms with E-state index in [1.54, 1.807) is 0 Å². The largest absolute Gasteiger partial charge is 0.461 e. The van der Waals surface area contributed by atoms with E-state index in [0.29, 0.717) is 0 Å². The summed E-state index contributed by atoms with van der Waals surface area (Å²) in [7, 11) is 0. The topological polar surface area (TPSA) is 52.3 Å². The first-order valence-electron chi connectivity index (χ1n) is 12.5. The molecule has 3 heteroatoms. The minimum absolute atomic E-state index is 0.0630. The Hall–Kier alpha value is -0.570. The first kappa shape index (κ1) is 27.4. The lowest BCUT2D eigenvalue weighted by Gasteiger charge is -2.22. The highest BCUT2D eigenvalue weighted by Gasteiger charge is 2.22. The fourth-order valence-electron chi connectivity index (χ4n) is 3.61. The first-order chi connectivity index (χ1) is 13.5. The van der Waals surface area contributed by atoms with Crippen LogP contribution in [0.3, 0.4) is 0 Å². The van der Waals surface area contributed by atoms with Gasteiger partial charge in [0.15, 0.2) is 0 Å². The van der Waals surface area contributed by atoms with Gasteiger partial charge in [0.1, 0.15) is 12.1 Å². The summed E-state index contributed by atoms with van der Waals surface area (Å²) in [5, 5.41) is 0. The number of rotatable bonds is 20. The lowest BCUT2D eigenvalue weighted by Crippen LogP contribution is -2.39. The minimum Gasteiger partial charge on any atom is -0.461 e. The van der Waals surface area contributed by atoms with Crippen LogP contribution in [-0.2, 0) is 9.53 Å². The van der Waals surface area contributed by atoms with Gasteiger partial charge in [0.25, 0.3) is 0 Å². The van der Waals surface area contributed by atoms with Gasteiger partial charge in [-0.05, 0) is 31.6 Å². The summed E-state index contributed by atoms with van der Waals surface area (Å²) >= 11 is 0. The lowest BCUT2D eigenvalue weighted by atomic mass is 10.0. The molecule has 0 bridgehead atoms. The zero-order valence-electron chi connectivity index (χ0n) is 19.6. The molecular formula is C25H51NO2. The Morgan fingerprint density at radius 3 is 1.39 bits per heavy atom. The van der Waals surface area contributed by atoms with Gasteiger partial charge in [-0.15, -0.1) is 0 Å². The van der Waals surface area contributed by atoms with Crippen LogP contribution in [0.5, 0.6) is 0 Å². The van der Waals surface area contributed by atoms with Crippen molar-refractivity contribution in [2.45, 2.75) is 149 Å². The Morgan fingerprint density at radius 1 is 0.679 bits per heavy atom. The molecule has 0 radical (unpaired) electrons. The summed E-state index contributed by atoms with van der Waals surface area (Å²) in [5.41, 5.74) is 5.99. The molecule has 1 unspecified atom stereocenters. The zero-order chi connectivity index (χ0) is 21.0. The fourth-order valence-corrected chi connectivity index (χ4v) is 3.61. The maximum absolute atomic E-state index is 12.3. The summed E-state index contributed by atoms with van der Waals surface area (Å²) in [6.07, 6.45) is 21.7. The van der Waals surface area contributed by atoms with Crippen LogP contribution >= 0.6 is 0 Å². The van der Waals surface area contributed by atoms with Crippen LogP contribution in [-0.4, -0.2) is 18.1 Å². The molecule has 0 fully saturated rings. The molecule has 0 aromatic heterocycles. The molecular weight excluding hydrogens is 346 g/mol. The van der Waals surface area contributed by atoms with Crippen LogP contribution in [0.2, 0.25) is 0 Å². The highest BCUT2D eigenvalue weighted by atomic mass is 16.5. The number of nitrogens with two attached hydrogens (primary N) is 1. The Balaban J connectivity index is 4.06. The standard InChI is InChI=1S/C25H51NO2/c1-5-7-9-11-13-14-15-17-19-21-23(20-18-16-12-10-8-6-2)28-25(27)24(26)22(3)4/h22-24H,5-21,26H2,1-4H3/t23?,24-/m0/s1. The number of unbranched alkanes of at least 4 members (excludes halogenated alkanes) is 13. The number of hydrogen-bond donors (Lipinski definition) is 1. The van der Waals surface area contributed by atoms with Gasteiger partial charge in [-0.3, -0.25) is 4.79 Å². The van der Waals surface area contributed by atoms with Gasteiger partial charge in [-0.25, -0.2) is 0 Å². The zero-order valence-corrected chi connectivity index (χ0v) is 19.6. The second kappa shape index (κ2) is 19.7. The third-order valence-electron chi connectivity index (χ3n) is 5.78. The van der Waals surface area contributed by atoms with Crippen LogP contribution in [0.25, 0.3) is 0 Å². The second-order valence-corrected chi connectivity index (χ2v) is 9.00. The third kappa shape index (κ3) is 16.4. The molecule has 0 aromatic rings. The minimum atomic E-state index is -0.491. The molecule has 28 heavy (non-hydrogen) atoms. The molecule has 3 nitrogen and oxygen atoms in total. The van der Waals surface area contributed by atoms with E-state index in [9.17, 15) is 4.79 Å². The van der Waals surface area contributed by atoms with Crippen molar-refractivity contribution in [2.75, 3.05) is 0 Å². The molecule has 0 aliphatic carbocycles. The Morgan fingerprint density at radius 2 is 1.04 bits per heavy atom.